The van der Waals surface area contributed by atoms with Gasteiger partial charge in [-0.2, -0.15) is 5.26 Å². The van der Waals surface area contributed by atoms with E-state index in [1.54, 1.807) is 42.3 Å². The molecule has 3 N–H and O–H groups in total. The monoisotopic (exact) mass is 283 g/mol. The molecule has 0 aliphatic heterocycles. The molecule has 0 atom stereocenters. The molecule has 0 fully saturated rings. The van der Waals surface area contributed by atoms with Crippen molar-refractivity contribution in [1.29, 1.82) is 5.26 Å². The lowest BCUT2D eigenvalue weighted by molar-refractivity contribution is -0.384. The molecule has 0 amide bonds. The lowest BCUT2D eigenvalue weighted by Crippen LogP contribution is -2.13. The number of para-hydroxylation sites is 1. The first kappa shape index (κ1) is 14.3. The van der Waals surface area contributed by atoms with E-state index in [-0.39, 0.29) is 5.69 Å². The third-order valence-electron chi connectivity index (χ3n) is 3.05. The third-order valence-corrected chi connectivity index (χ3v) is 3.05. The third kappa shape index (κ3) is 2.91. The Kier molecular flexibility index (Phi) is 4.02. The minimum absolute atomic E-state index is 0.0817. The van der Waals surface area contributed by atoms with Crippen LogP contribution in [0.25, 0.3) is 0 Å². The number of anilines is 3. The van der Waals surface area contributed by atoms with Crippen LogP contribution in [0.15, 0.2) is 42.5 Å². The van der Waals surface area contributed by atoms with E-state index in [9.17, 15) is 10.1 Å². The number of nitro groups is 1. The Morgan fingerprint density at radius 3 is 2.67 bits per heavy atom. The number of hydrogen-bond donors (Lipinski definition) is 2. The Morgan fingerprint density at radius 2 is 2.05 bits per heavy atom. The zero-order chi connectivity index (χ0) is 15.4. The SMILES string of the molecule is CN(c1cc(NN)cc([N+](=O)[O-])c1)c1ccccc1C#N. The van der Waals surface area contributed by atoms with Gasteiger partial charge in [-0.15, -0.1) is 0 Å². The standard InChI is InChI=1S/C14H13N5O2/c1-18(14-5-3-2-4-10(14)9-15)12-6-11(17-16)7-13(8-12)19(20)21/h2-8,17H,16H2,1H3. The molecular weight excluding hydrogens is 270 g/mol. The molecule has 0 aromatic heterocycles. The molecule has 0 saturated carbocycles. The summed E-state index contributed by atoms with van der Waals surface area (Å²) in [7, 11) is 1.73. The van der Waals surface area contributed by atoms with E-state index in [4.69, 9.17) is 11.1 Å². The normalized spacial score (nSPS) is 9.76. The number of hydrazine groups is 1. The molecule has 21 heavy (non-hydrogen) atoms. The van der Waals surface area contributed by atoms with Gasteiger partial charge in [-0.05, 0) is 18.2 Å². The van der Waals surface area contributed by atoms with Crippen LogP contribution in [0.1, 0.15) is 5.56 Å². The van der Waals surface area contributed by atoms with Crippen LogP contribution in [0.3, 0.4) is 0 Å². The van der Waals surface area contributed by atoms with Crippen LogP contribution in [0, 0.1) is 21.4 Å². The van der Waals surface area contributed by atoms with Crippen molar-refractivity contribution < 1.29 is 4.92 Å². The summed E-state index contributed by atoms with van der Waals surface area (Å²) in [6.45, 7) is 0. The average molecular weight is 283 g/mol. The number of nitrogen functional groups attached to an aromatic ring is 1. The van der Waals surface area contributed by atoms with Gasteiger partial charge in [0.25, 0.3) is 5.69 Å². The number of nitrogens with one attached hydrogen (secondary N) is 1. The number of rotatable bonds is 4. The summed E-state index contributed by atoms with van der Waals surface area (Å²) in [6.07, 6.45) is 0. The highest BCUT2D eigenvalue weighted by molar-refractivity contribution is 5.73. The number of non-ortho nitro benzene ring substituents is 1. The molecule has 0 aliphatic carbocycles. The molecule has 0 bridgehead atoms. The van der Waals surface area contributed by atoms with E-state index in [1.165, 1.54) is 12.1 Å². The van der Waals surface area contributed by atoms with Gasteiger partial charge in [-0.25, -0.2) is 0 Å². The summed E-state index contributed by atoms with van der Waals surface area (Å²) in [6, 6.07) is 13.5. The highest BCUT2D eigenvalue weighted by atomic mass is 16.6. The smallest absolute Gasteiger partial charge is 0.273 e. The van der Waals surface area contributed by atoms with Crippen molar-refractivity contribution in [3.63, 3.8) is 0 Å². The molecule has 2 aromatic carbocycles. The molecule has 0 heterocycles. The second-order valence-electron chi connectivity index (χ2n) is 4.33. The van der Waals surface area contributed by atoms with Gasteiger partial charge < -0.3 is 10.3 Å². The maximum atomic E-state index is 11.0. The number of nitriles is 1. The predicted molar refractivity (Wildman–Crippen MR) is 80.1 cm³/mol. The van der Waals surface area contributed by atoms with Crippen molar-refractivity contribution in [2.75, 3.05) is 17.4 Å². The van der Waals surface area contributed by atoms with Crippen molar-refractivity contribution in [2.24, 2.45) is 5.84 Å². The predicted octanol–water partition coefficient (Wildman–Crippen LogP) is 2.52. The molecule has 0 unspecified atom stereocenters. The Labute approximate surface area is 121 Å². The minimum atomic E-state index is -0.492. The fraction of sp³-hybridized carbons (Fsp3) is 0.0714. The summed E-state index contributed by atoms with van der Waals surface area (Å²) < 4.78 is 0. The highest BCUT2D eigenvalue weighted by Gasteiger charge is 2.14. The fourth-order valence-corrected chi connectivity index (χ4v) is 1.98. The lowest BCUT2D eigenvalue weighted by atomic mass is 10.1. The quantitative estimate of drug-likeness (QED) is 0.507. The Balaban J connectivity index is 2.53. The second-order valence-corrected chi connectivity index (χ2v) is 4.33. The molecular formula is C14H13N5O2. The number of nitro benzene ring substituents is 1. The average Bonchev–Trinajstić information content (AvgIpc) is 2.53. The van der Waals surface area contributed by atoms with E-state index in [0.717, 1.165) is 0 Å². The fourth-order valence-electron chi connectivity index (χ4n) is 1.98. The van der Waals surface area contributed by atoms with E-state index in [1.807, 2.05) is 0 Å². The number of nitrogens with two attached hydrogens (primary N) is 1. The first-order valence-electron chi connectivity index (χ1n) is 6.05. The summed E-state index contributed by atoms with van der Waals surface area (Å²) in [5.41, 5.74) is 4.43. The molecule has 7 heteroatoms. The lowest BCUT2D eigenvalue weighted by Gasteiger charge is -2.21. The molecule has 0 radical (unpaired) electrons. The van der Waals surface area contributed by atoms with E-state index in [2.05, 4.69) is 11.5 Å². The maximum Gasteiger partial charge on any atom is 0.273 e. The van der Waals surface area contributed by atoms with Crippen LogP contribution in [0.4, 0.5) is 22.7 Å². The Bertz CT molecular complexity index is 724. The van der Waals surface area contributed by atoms with Crippen molar-refractivity contribution in [3.8, 4) is 6.07 Å². The molecule has 0 spiro atoms. The first-order valence-corrected chi connectivity index (χ1v) is 6.05. The topological polar surface area (TPSA) is 108 Å². The van der Waals surface area contributed by atoms with Crippen LogP contribution < -0.4 is 16.2 Å². The number of nitrogens with zero attached hydrogens (tertiary/aromatic N) is 3. The van der Waals surface area contributed by atoms with Gasteiger partial charge >= 0.3 is 0 Å². The molecule has 2 aromatic rings. The van der Waals surface area contributed by atoms with Gasteiger partial charge in [0.05, 0.1) is 21.9 Å². The van der Waals surface area contributed by atoms with Gasteiger partial charge in [0.15, 0.2) is 0 Å². The molecule has 0 saturated heterocycles. The van der Waals surface area contributed by atoms with Crippen molar-refractivity contribution in [1.82, 2.24) is 0 Å². The number of hydrogen-bond acceptors (Lipinski definition) is 6. The molecule has 0 aliphatic rings. The summed E-state index contributed by atoms with van der Waals surface area (Å²) in [4.78, 5) is 12.2. The zero-order valence-electron chi connectivity index (χ0n) is 11.3. The van der Waals surface area contributed by atoms with Crippen LogP contribution in [0.2, 0.25) is 0 Å². The first-order chi connectivity index (χ1) is 10.1. The van der Waals surface area contributed by atoms with Crippen LogP contribution in [-0.2, 0) is 0 Å². The van der Waals surface area contributed by atoms with Crippen LogP contribution in [-0.4, -0.2) is 12.0 Å². The van der Waals surface area contributed by atoms with Gasteiger partial charge in [-0.3, -0.25) is 16.0 Å². The summed E-state index contributed by atoms with van der Waals surface area (Å²) >= 11 is 0. The molecule has 2 rings (SSSR count). The Morgan fingerprint density at radius 1 is 1.33 bits per heavy atom. The largest absolute Gasteiger partial charge is 0.343 e. The van der Waals surface area contributed by atoms with E-state index < -0.39 is 4.92 Å². The van der Waals surface area contributed by atoms with E-state index in [0.29, 0.717) is 22.6 Å². The molecule has 106 valence electrons. The van der Waals surface area contributed by atoms with Crippen molar-refractivity contribution in [3.05, 3.63) is 58.1 Å². The van der Waals surface area contributed by atoms with Gasteiger partial charge in [-0.1, -0.05) is 12.1 Å². The van der Waals surface area contributed by atoms with Gasteiger partial charge in [0.2, 0.25) is 0 Å². The summed E-state index contributed by atoms with van der Waals surface area (Å²) in [5, 5.41) is 20.1. The van der Waals surface area contributed by atoms with Gasteiger partial charge in [0.1, 0.15) is 6.07 Å². The Hall–Kier alpha value is -3.11. The van der Waals surface area contributed by atoms with Crippen LogP contribution >= 0.6 is 0 Å². The summed E-state index contributed by atoms with van der Waals surface area (Å²) in [5.74, 6) is 5.34. The van der Waals surface area contributed by atoms with Gasteiger partial charge in [0, 0.05) is 24.9 Å². The molecule has 7 nitrogen and oxygen atoms in total. The second kappa shape index (κ2) is 5.90. The van der Waals surface area contributed by atoms with E-state index >= 15 is 0 Å². The van der Waals surface area contributed by atoms with Crippen LogP contribution in [0.5, 0.6) is 0 Å². The minimum Gasteiger partial charge on any atom is -0.343 e. The highest BCUT2D eigenvalue weighted by Crippen LogP contribution is 2.31. The van der Waals surface area contributed by atoms with Crippen molar-refractivity contribution in [2.45, 2.75) is 0 Å². The maximum absolute atomic E-state index is 11.0. The number of benzene rings is 2. The zero-order valence-corrected chi connectivity index (χ0v) is 11.3. The van der Waals surface area contributed by atoms with Crippen molar-refractivity contribution >= 4 is 22.7 Å².